The molecular formula is C52H34O4P2S2. The molecule has 14 rings (SSSR count). The third-order valence-corrected chi connectivity index (χ3v) is 17.1. The predicted octanol–water partition coefficient (Wildman–Crippen LogP) is 9.49. The zero-order valence-corrected chi connectivity index (χ0v) is 35.4. The van der Waals surface area contributed by atoms with Gasteiger partial charge in [-0.05, 0) is 71.9 Å². The fourth-order valence-electron chi connectivity index (χ4n) is 9.24. The highest BCUT2D eigenvalue weighted by atomic mass is 32.1. The molecule has 0 aromatic heterocycles. The van der Waals surface area contributed by atoms with Crippen molar-refractivity contribution in [2.75, 3.05) is 0 Å². The maximum atomic E-state index is 6.67. The first-order valence-corrected chi connectivity index (χ1v) is 23.2. The van der Waals surface area contributed by atoms with Crippen molar-refractivity contribution >= 4 is 82.6 Å². The second-order valence-electron chi connectivity index (χ2n) is 14.7. The van der Waals surface area contributed by atoms with Crippen LogP contribution in [0.25, 0.3) is 0 Å². The largest absolute Gasteiger partial charge is 0.435 e. The van der Waals surface area contributed by atoms with Crippen molar-refractivity contribution in [2.45, 2.75) is 11.2 Å². The van der Waals surface area contributed by atoms with Crippen LogP contribution < -0.4 is 41.3 Å². The molecule has 0 N–H and O–H groups in total. The zero-order chi connectivity index (χ0) is 40.3. The lowest BCUT2D eigenvalue weighted by molar-refractivity contribution is 0.114. The van der Waals surface area contributed by atoms with E-state index in [1.807, 2.05) is 60.7 Å². The molecule has 6 heterocycles. The molecule has 0 radical (unpaired) electrons. The van der Waals surface area contributed by atoms with E-state index < -0.39 is 27.0 Å². The van der Waals surface area contributed by atoms with E-state index in [0.717, 1.165) is 33.4 Å². The monoisotopic (exact) mass is 848 g/mol. The number of thiocarbonyl (C=S) groups is 2. The molecule has 0 fully saturated rings. The zero-order valence-electron chi connectivity index (χ0n) is 32.0. The molecule has 0 saturated carbocycles. The van der Waals surface area contributed by atoms with Crippen LogP contribution in [0.5, 0.6) is 11.5 Å². The van der Waals surface area contributed by atoms with Gasteiger partial charge >= 0.3 is 10.5 Å². The van der Waals surface area contributed by atoms with E-state index >= 15 is 0 Å². The van der Waals surface area contributed by atoms with Crippen molar-refractivity contribution in [1.29, 1.82) is 0 Å². The van der Waals surface area contributed by atoms with E-state index in [1.54, 1.807) is 0 Å². The van der Waals surface area contributed by atoms with Crippen LogP contribution in [0.3, 0.4) is 0 Å². The topological polar surface area (TPSA) is 36.9 Å². The van der Waals surface area contributed by atoms with Crippen molar-refractivity contribution in [2.24, 2.45) is 0 Å². The van der Waals surface area contributed by atoms with Crippen molar-refractivity contribution in [3.8, 4) is 11.5 Å². The van der Waals surface area contributed by atoms with E-state index in [4.69, 9.17) is 43.4 Å². The summed E-state index contributed by atoms with van der Waals surface area (Å²) in [6.07, 6.45) is 0. The summed E-state index contributed by atoms with van der Waals surface area (Å²) in [4.78, 5) is 0. The van der Waals surface area contributed by atoms with Gasteiger partial charge in [0.05, 0.1) is 0 Å². The molecule has 0 saturated heterocycles. The number of rotatable bonds is 4. The SMILES string of the molecule is S=C(Oc1ccccc1)OC12c3ccccc3P(c3ccccc31)c1ccccc12.S=C(Oc1ccccc1)OC12c3ccccc3P(c3ccccc31)c1ccccc12. The normalized spacial score (nSPS) is 19.9. The molecule has 6 aliphatic rings. The number of para-hydroxylation sites is 2. The fourth-order valence-corrected chi connectivity index (χ4v) is 15.5. The highest BCUT2D eigenvalue weighted by Crippen LogP contribution is 2.57. The van der Waals surface area contributed by atoms with Gasteiger partial charge in [0.15, 0.2) is 11.2 Å². The molecule has 0 atom stereocenters. The van der Waals surface area contributed by atoms with Crippen LogP contribution >= 0.6 is 40.3 Å². The van der Waals surface area contributed by atoms with Gasteiger partial charge in [0.2, 0.25) is 0 Å². The molecule has 8 heteroatoms. The van der Waals surface area contributed by atoms with Crippen molar-refractivity contribution in [1.82, 2.24) is 0 Å². The molecule has 60 heavy (non-hydrogen) atoms. The van der Waals surface area contributed by atoms with E-state index in [-0.39, 0.29) is 10.5 Å². The minimum absolute atomic E-state index is 0.119. The predicted molar refractivity (Wildman–Crippen MR) is 252 cm³/mol. The highest BCUT2D eigenvalue weighted by Gasteiger charge is 2.56. The van der Waals surface area contributed by atoms with Crippen molar-refractivity contribution < 1.29 is 18.9 Å². The molecule has 0 aliphatic carbocycles. The number of hydrogen-bond donors (Lipinski definition) is 0. The number of hydrogen-bond acceptors (Lipinski definition) is 6. The summed E-state index contributed by atoms with van der Waals surface area (Å²) in [6.45, 7) is 0. The minimum atomic E-state index is -0.813. The molecule has 8 aromatic rings. The lowest BCUT2D eigenvalue weighted by Gasteiger charge is -2.49. The summed E-state index contributed by atoms with van der Waals surface area (Å²) in [7, 11) is -1.24. The van der Waals surface area contributed by atoms with E-state index in [0.29, 0.717) is 11.5 Å². The van der Waals surface area contributed by atoms with Gasteiger partial charge in [-0.15, -0.1) is 0 Å². The van der Waals surface area contributed by atoms with Gasteiger partial charge in [-0.1, -0.05) is 182 Å². The minimum Gasteiger partial charge on any atom is -0.435 e. The average Bonchev–Trinajstić information content (AvgIpc) is 3.30. The molecule has 4 bridgehead atoms. The third kappa shape index (κ3) is 5.70. The Labute approximate surface area is 361 Å². The van der Waals surface area contributed by atoms with Crippen LogP contribution in [-0.2, 0) is 20.7 Å². The van der Waals surface area contributed by atoms with Crippen LogP contribution in [0.2, 0.25) is 0 Å². The summed E-state index contributed by atoms with van der Waals surface area (Å²) in [5, 5.41) is 8.20. The Hall–Kier alpha value is -6.00. The Balaban J connectivity index is 0.000000136. The van der Waals surface area contributed by atoms with Gasteiger partial charge in [-0.25, -0.2) is 0 Å². The van der Waals surface area contributed by atoms with Crippen molar-refractivity contribution in [3.63, 3.8) is 0 Å². The second-order valence-corrected chi connectivity index (χ2v) is 19.6. The van der Waals surface area contributed by atoms with Gasteiger partial charge in [-0.3, -0.25) is 0 Å². The molecule has 6 aliphatic heterocycles. The van der Waals surface area contributed by atoms with Gasteiger partial charge in [0.25, 0.3) is 0 Å². The van der Waals surface area contributed by atoms with Crippen LogP contribution in [0.15, 0.2) is 206 Å². The Morgan fingerprint density at radius 2 is 0.517 bits per heavy atom. The molecule has 8 aromatic carbocycles. The van der Waals surface area contributed by atoms with Crippen LogP contribution in [-0.4, -0.2) is 10.5 Å². The standard InChI is InChI=1S/2C26H17O2PS/c2*30-25(27-18-10-2-1-3-11-18)28-26-19-12-4-7-15-22(19)29(23-16-8-5-13-20(23)26)24-17-9-6-14-21(24)26/h2*1-17H. The summed E-state index contributed by atoms with van der Waals surface area (Å²) in [5.41, 5.74) is 5.33. The Morgan fingerprint density at radius 3 is 0.767 bits per heavy atom. The van der Waals surface area contributed by atoms with Crippen molar-refractivity contribution in [3.05, 3.63) is 240 Å². The van der Waals surface area contributed by atoms with E-state index in [1.165, 1.54) is 31.8 Å². The number of benzene rings is 8. The van der Waals surface area contributed by atoms with Crippen LogP contribution in [0.4, 0.5) is 0 Å². The maximum Gasteiger partial charge on any atom is 0.359 e. The first-order valence-electron chi connectivity index (χ1n) is 19.7. The lowest BCUT2D eigenvalue weighted by atomic mass is 9.79. The first-order chi connectivity index (χ1) is 29.6. The molecule has 288 valence electrons. The second kappa shape index (κ2) is 14.9. The van der Waals surface area contributed by atoms with Gasteiger partial charge in [0.1, 0.15) is 11.5 Å². The maximum absolute atomic E-state index is 6.67. The Morgan fingerprint density at radius 1 is 0.300 bits per heavy atom. The molecule has 0 spiro atoms. The van der Waals surface area contributed by atoms with Gasteiger partial charge in [0, 0.05) is 57.8 Å². The fraction of sp³-hybridized carbons (Fsp3) is 0.0385. The summed E-state index contributed by atoms with van der Waals surface area (Å²) >= 11 is 11.2. The van der Waals surface area contributed by atoms with Gasteiger partial charge < -0.3 is 18.9 Å². The van der Waals surface area contributed by atoms with Crippen LogP contribution in [0, 0.1) is 0 Å². The summed E-state index contributed by atoms with van der Waals surface area (Å²) in [6, 6.07) is 70.6. The Bertz CT molecular complexity index is 2540. The molecule has 0 unspecified atom stereocenters. The van der Waals surface area contributed by atoms with E-state index in [9.17, 15) is 0 Å². The van der Waals surface area contributed by atoms with Gasteiger partial charge in [-0.2, -0.15) is 0 Å². The molecule has 4 nitrogen and oxygen atoms in total. The molecule has 0 amide bonds. The lowest BCUT2D eigenvalue weighted by Crippen LogP contribution is -2.54. The summed E-state index contributed by atoms with van der Waals surface area (Å²) in [5.74, 6) is 1.34. The quantitative estimate of drug-likeness (QED) is 0.130. The third-order valence-electron chi connectivity index (χ3n) is 11.5. The molecular weight excluding hydrogens is 815 g/mol. The van der Waals surface area contributed by atoms with E-state index in [2.05, 4.69) is 146 Å². The Kier molecular flexibility index (Phi) is 9.21. The van der Waals surface area contributed by atoms with Crippen LogP contribution in [0.1, 0.15) is 33.4 Å². The highest BCUT2D eigenvalue weighted by molar-refractivity contribution is 7.81. The first kappa shape index (κ1) is 37.0. The summed E-state index contributed by atoms with van der Waals surface area (Å²) < 4.78 is 25.2. The number of ether oxygens (including phenoxy) is 4. The average molecular weight is 849 g/mol. The smallest absolute Gasteiger partial charge is 0.359 e.